The Morgan fingerprint density at radius 1 is 1.00 bits per heavy atom. The summed E-state index contributed by atoms with van der Waals surface area (Å²) in [5.41, 5.74) is 7.16. The Kier molecular flexibility index (Phi) is 5.69. The molecule has 0 aliphatic carbocycles. The molecule has 0 unspecified atom stereocenters. The number of hydrogen-bond donors (Lipinski definition) is 2. The molecule has 0 saturated carbocycles. The highest BCUT2D eigenvalue weighted by atomic mass is 19.3. The second kappa shape index (κ2) is 8.41. The van der Waals surface area contributed by atoms with Crippen LogP contribution in [0.15, 0.2) is 30.5 Å². The van der Waals surface area contributed by atoms with Gasteiger partial charge in [0.2, 0.25) is 0 Å². The molecule has 3 heterocycles. The monoisotopic (exact) mass is 416 g/mol. The number of benzene rings is 1. The molecule has 2 aromatic rings. The van der Waals surface area contributed by atoms with Gasteiger partial charge in [0, 0.05) is 50.4 Å². The first kappa shape index (κ1) is 20.3. The number of carbonyl (C=O) groups excluding carboxylic acids is 1. The maximum atomic E-state index is 13.4. The minimum Gasteiger partial charge on any atom is -0.371 e. The summed E-state index contributed by atoms with van der Waals surface area (Å²) in [6, 6.07) is 7.42. The van der Waals surface area contributed by atoms with E-state index in [1.54, 1.807) is 6.20 Å². The average Bonchev–Trinajstić information content (AvgIpc) is 2.75. The molecule has 2 aliphatic heterocycles. The van der Waals surface area contributed by atoms with Gasteiger partial charge in [0.05, 0.1) is 6.20 Å². The van der Waals surface area contributed by atoms with Gasteiger partial charge in [-0.3, -0.25) is 4.79 Å². The van der Waals surface area contributed by atoms with Crippen molar-refractivity contribution >= 4 is 28.9 Å². The maximum Gasteiger partial charge on any atom is 0.271 e. The molecule has 2 fully saturated rings. The molecule has 1 aromatic heterocycles. The molecule has 0 spiro atoms. The number of nitrogens with zero attached hydrogens (tertiary/aromatic N) is 4. The molecular weight excluding hydrogens is 390 g/mol. The van der Waals surface area contributed by atoms with Crippen LogP contribution in [0.3, 0.4) is 0 Å². The van der Waals surface area contributed by atoms with Crippen LogP contribution in [0.4, 0.5) is 31.8 Å². The average molecular weight is 416 g/mol. The lowest BCUT2D eigenvalue weighted by molar-refractivity contribution is -0.0220. The van der Waals surface area contributed by atoms with Crippen molar-refractivity contribution in [1.29, 1.82) is 0 Å². The zero-order chi connectivity index (χ0) is 21.1. The standard InChI is InChI=1S/C21H26F2N6O/c22-21(23)8-12-28(13-9-21)16-6-4-15(5-7-16)26-20-18(19(24)30)25-14-17(27-20)29-10-2-1-3-11-29/h4-7,14H,1-3,8-13H2,(H2,24,30)(H,26,27). The second-order valence-corrected chi connectivity index (χ2v) is 7.85. The van der Waals surface area contributed by atoms with Crippen molar-refractivity contribution in [2.75, 3.05) is 41.3 Å². The van der Waals surface area contributed by atoms with Crippen LogP contribution in [-0.2, 0) is 0 Å². The number of nitrogens with one attached hydrogen (secondary N) is 1. The van der Waals surface area contributed by atoms with Crippen molar-refractivity contribution < 1.29 is 13.6 Å². The van der Waals surface area contributed by atoms with Crippen LogP contribution in [0.2, 0.25) is 0 Å². The van der Waals surface area contributed by atoms with Crippen molar-refractivity contribution in [1.82, 2.24) is 9.97 Å². The van der Waals surface area contributed by atoms with E-state index in [0.29, 0.717) is 30.4 Å². The quantitative estimate of drug-likeness (QED) is 0.775. The summed E-state index contributed by atoms with van der Waals surface area (Å²) in [6.45, 7) is 2.48. The first-order chi connectivity index (χ1) is 14.4. The van der Waals surface area contributed by atoms with E-state index >= 15 is 0 Å². The summed E-state index contributed by atoms with van der Waals surface area (Å²) in [5, 5.41) is 3.14. The van der Waals surface area contributed by atoms with Gasteiger partial charge >= 0.3 is 0 Å². The number of anilines is 4. The topological polar surface area (TPSA) is 87.4 Å². The minimum absolute atomic E-state index is 0.0816. The number of carbonyl (C=O) groups is 1. The van der Waals surface area contributed by atoms with Gasteiger partial charge in [-0.25, -0.2) is 18.7 Å². The Morgan fingerprint density at radius 3 is 2.30 bits per heavy atom. The number of hydrogen-bond acceptors (Lipinski definition) is 6. The fraction of sp³-hybridized carbons (Fsp3) is 0.476. The summed E-state index contributed by atoms with van der Waals surface area (Å²) in [6.07, 6.45) is 4.74. The van der Waals surface area contributed by atoms with E-state index in [-0.39, 0.29) is 18.5 Å². The van der Waals surface area contributed by atoms with Gasteiger partial charge in [-0.1, -0.05) is 0 Å². The summed E-state index contributed by atoms with van der Waals surface area (Å²) in [5.74, 6) is -2.19. The zero-order valence-electron chi connectivity index (χ0n) is 16.8. The number of piperidine rings is 2. The molecule has 0 atom stereocenters. The molecule has 9 heteroatoms. The second-order valence-electron chi connectivity index (χ2n) is 7.85. The van der Waals surface area contributed by atoms with Crippen LogP contribution in [0.5, 0.6) is 0 Å². The molecule has 30 heavy (non-hydrogen) atoms. The Labute approximate surface area is 174 Å². The van der Waals surface area contributed by atoms with Gasteiger partial charge < -0.3 is 20.9 Å². The summed E-state index contributed by atoms with van der Waals surface area (Å²) in [7, 11) is 0. The first-order valence-corrected chi connectivity index (χ1v) is 10.3. The fourth-order valence-corrected chi connectivity index (χ4v) is 3.91. The molecule has 160 valence electrons. The van der Waals surface area contributed by atoms with E-state index in [1.165, 1.54) is 6.42 Å². The predicted octanol–water partition coefficient (Wildman–Crippen LogP) is 3.54. The Morgan fingerprint density at radius 2 is 1.67 bits per heavy atom. The molecule has 7 nitrogen and oxygen atoms in total. The molecule has 2 saturated heterocycles. The number of alkyl halides is 2. The van der Waals surface area contributed by atoms with Gasteiger partial charge in [0.15, 0.2) is 11.5 Å². The zero-order valence-corrected chi connectivity index (χ0v) is 16.8. The summed E-state index contributed by atoms with van der Waals surface area (Å²) in [4.78, 5) is 24.7. The fourth-order valence-electron chi connectivity index (χ4n) is 3.91. The van der Waals surface area contributed by atoms with E-state index in [9.17, 15) is 13.6 Å². The van der Waals surface area contributed by atoms with Gasteiger partial charge in [-0.15, -0.1) is 0 Å². The highest BCUT2D eigenvalue weighted by Gasteiger charge is 2.34. The Bertz CT molecular complexity index is 889. The van der Waals surface area contributed by atoms with Crippen molar-refractivity contribution in [3.05, 3.63) is 36.2 Å². The molecule has 0 bridgehead atoms. The molecule has 1 amide bonds. The third-order valence-electron chi connectivity index (χ3n) is 5.66. The highest BCUT2D eigenvalue weighted by molar-refractivity contribution is 5.96. The smallest absolute Gasteiger partial charge is 0.271 e. The van der Waals surface area contributed by atoms with Gasteiger partial charge in [-0.05, 0) is 43.5 Å². The lowest BCUT2D eigenvalue weighted by atomic mass is 10.1. The van der Waals surface area contributed by atoms with Crippen molar-refractivity contribution in [3.8, 4) is 0 Å². The third-order valence-corrected chi connectivity index (χ3v) is 5.66. The van der Waals surface area contributed by atoms with Crippen molar-refractivity contribution in [3.63, 3.8) is 0 Å². The molecular formula is C21H26F2N6O. The highest BCUT2D eigenvalue weighted by Crippen LogP contribution is 2.31. The van der Waals surface area contributed by atoms with Crippen LogP contribution >= 0.6 is 0 Å². The third kappa shape index (κ3) is 4.60. The normalized spacial score (nSPS) is 18.9. The van der Waals surface area contributed by atoms with Crippen molar-refractivity contribution in [2.24, 2.45) is 5.73 Å². The van der Waals surface area contributed by atoms with Gasteiger partial charge in [0.1, 0.15) is 5.82 Å². The van der Waals surface area contributed by atoms with Crippen LogP contribution < -0.4 is 20.9 Å². The Balaban J connectivity index is 1.50. The number of amides is 1. The van der Waals surface area contributed by atoms with Crippen LogP contribution in [-0.4, -0.2) is 48.0 Å². The number of halogens is 2. The predicted molar refractivity (Wildman–Crippen MR) is 113 cm³/mol. The van der Waals surface area contributed by atoms with Crippen molar-refractivity contribution in [2.45, 2.75) is 38.0 Å². The number of nitrogens with two attached hydrogens (primary N) is 1. The van der Waals surface area contributed by atoms with Gasteiger partial charge in [0.25, 0.3) is 11.8 Å². The maximum absolute atomic E-state index is 13.4. The lowest BCUT2D eigenvalue weighted by Crippen LogP contribution is -2.39. The number of primary amides is 1. The first-order valence-electron chi connectivity index (χ1n) is 10.3. The van der Waals surface area contributed by atoms with Crippen LogP contribution in [0.25, 0.3) is 0 Å². The van der Waals surface area contributed by atoms with Gasteiger partial charge in [-0.2, -0.15) is 0 Å². The minimum atomic E-state index is -2.57. The number of aromatic nitrogens is 2. The van der Waals surface area contributed by atoms with Crippen LogP contribution in [0, 0.1) is 0 Å². The van der Waals surface area contributed by atoms with E-state index in [0.717, 1.165) is 31.6 Å². The van der Waals surface area contributed by atoms with E-state index in [2.05, 4.69) is 20.2 Å². The SMILES string of the molecule is NC(=O)c1ncc(N2CCCCC2)nc1Nc1ccc(N2CCC(F)(F)CC2)cc1. The summed E-state index contributed by atoms with van der Waals surface area (Å²) < 4.78 is 26.8. The van der Waals surface area contributed by atoms with E-state index < -0.39 is 11.8 Å². The van der Waals surface area contributed by atoms with Crippen LogP contribution in [0.1, 0.15) is 42.6 Å². The molecule has 0 radical (unpaired) electrons. The molecule has 1 aromatic carbocycles. The molecule has 4 rings (SSSR count). The lowest BCUT2D eigenvalue weighted by Gasteiger charge is -2.33. The molecule has 3 N–H and O–H groups in total. The number of rotatable bonds is 5. The Hall–Kier alpha value is -2.97. The van der Waals surface area contributed by atoms with E-state index in [4.69, 9.17) is 5.73 Å². The molecule has 2 aliphatic rings. The largest absolute Gasteiger partial charge is 0.371 e. The van der Waals surface area contributed by atoms with E-state index in [1.807, 2.05) is 29.2 Å². The summed E-state index contributed by atoms with van der Waals surface area (Å²) >= 11 is 0.